The first-order valence-corrected chi connectivity index (χ1v) is 12.3. The van der Waals surface area contributed by atoms with E-state index in [1.165, 1.54) is 0 Å². The fourth-order valence-electron chi connectivity index (χ4n) is 4.43. The molecule has 1 heterocycles. The molecule has 3 aromatic carbocycles. The summed E-state index contributed by atoms with van der Waals surface area (Å²) in [5, 5.41) is 0. The van der Waals surface area contributed by atoms with Gasteiger partial charge in [-0.1, -0.05) is 36.4 Å². The first-order chi connectivity index (χ1) is 15.2. The summed E-state index contributed by atoms with van der Waals surface area (Å²) in [7, 11) is -3.89. The van der Waals surface area contributed by atoms with Crippen molar-refractivity contribution in [2.75, 3.05) is 16.2 Å². The van der Waals surface area contributed by atoms with Gasteiger partial charge >= 0.3 is 0 Å². The van der Waals surface area contributed by atoms with Crippen molar-refractivity contribution in [1.29, 1.82) is 0 Å². The Hall–Kier alpha value is -3.12. The lowest BCUT2D eigenvalue weighted by atomic mass is 10.0. The molecular formula is C26H28N2O3S. The van der Waals surface area contributed by atoms with Crippen molar-refractivity contribution in [2.45, 2.75) is 45.4 Å². The summed E-state index contributed by atoms with van der Waals surface area (Å²) in [4.78, 5) is 15.6. The van der Waals surface area contributed by atoms with Gasteiger partial charge in [0.25, 0.3) is 15.9 Å². The summed E-state index contributed by atoms with van der Waals surface area (Å²) < 4.78 is 29.6. The normalized spacial score (nSPS) is 13.6. The van der Waals surface area contributed by atoms with E-state index >= 15 is 0 Å². The van der Waals surface area contributed by atoms with Crippen molar-refractivity contribution in [3.05, 3.63) is 88.0 Å². The van der Waals surface area contributed by atoms with Crippen LogP contribution < -0.4 is 9.62 Å². The first kappa shape index (κ1) is 22.1. The minimum Gasteiger partial charge on any atom is -0.308 e. The standard InChI is InChI=1S/C26H28N2O3S/c1-17-16-18(2)20(4)25(19(17)3)32(30,31)27-23-13-7-6-12-22(23)26(29)28-15-9-11-21-10-5-8-14-24(21)28/h5-8,10,12-14,16,27H,9,11,15H2,1-4H3. The largest absolute Gasteiger partial charge is 0.308 e. The van der Waals surface area contributed by atoms with Crippen LogP contribution in [-0.4, -0.2) is 20.9 Å². The molecule has 1 amide bonds. The Morgan fingerprint density at radius 2 is 1.53 bits per heavy atom. The van der Waals surface area contributed by atoms with Crippen LogP contribution in [0.4, 0.5) is 11.4 Å². The Morgan fingerprint density at radius 3 is 2.25 bits per heavy atom. The van der Waals surface area contributed by atoms with Crippen LogP contribution in [0.2, 0.25) is 0 Å². The van der Waals surface area contributed by atoms with E-state index in [1.807, 2.05) is 58.0 Å². The quantitative estimate of drug-likeness (QED) is 0.588. The highest BCUT2D eigenvalue weighted by Crippen LogP contribution is 2.32. The molecule has 0 radical (unpaired) electrons. The molecule has 0 bridgehead atoms. The molecule has 166 valence electrons. The highest BCUT2D eigenvalue weighted by molar-refractivity contribution is 7.92. The van der Waals surface area contributed by atoms with E-state index in [-0.39, 0.29) is 10.8 Å². The average Bonchev–Trinajstić information content (AvgIpc) is 2.77. The fraction of sp³-hybridized carbons (Fsp3) is 0.269. The van der Waals surface area contributed by atoms with Gasteiger partial charge < -0.3 is 4.90 Å². The number of fused-ring (bicyclic) bond motifs is 1. The number of benzene rings is 3. The second-order valence-corrected chi connectivity index (χ2v) is 10.0. The molecule has 32 heavy (non-hydrogen) atoms. The van der Waals surface area contributed by atoms with Crippen LogP contribution in [0.15, 0.2) is 59.5 Å². The van der Waals surface area contributed by atoms with Crippen LogP contribution >= 0.6 is 0 Å². The van der Waals surface area contributed by atoms with Gasteiger partial charge in [-0.25, -0.2) is 8.42 Å². The van der Waals surface area contributed by atoms with E-state index in [4.69, 9.17) is 0 Å². The molecule has 0 aromatic heterocycles. The lowest BCUT2D eigenvalue weighted by Crippen LogP contribution is -2.36. The number of carbonyl (C=O) groups is 1. The molecule has 1 aliphatic rings. The summed E-state index contributed by atoms with van der Waals surface area (Å²) in [5.74, 6) is -0.204. The number of hydrogen-bond acceptors (Lipinski definition) is 3. The molecule has 1 N–H and O–H groups in total. The van der Waals surface area contributed by atoms with Crippen LogP contribution in [0.25, 0.3) is 0 Å². The highest BCUT2D eigenvalue weighted by atomic mass is 32.2. The van der Waals surface area contributed by atoms with Gasteiger partial charge in [0.15, 0.2) is 0 Å². The predicted molar refractivity (Wildman–Crippen MR) is 129 cm³/mol. The number of para-hydroxylation sites is 2. The maximum Gasteiger partial charge on any atom is 0.262 e. The molecule has 0 aliphatic carbocycles. The van der Waals surface area contributed by atoms with Crippen LogP contribution in [0.3, 0.4) is 0 Å². The van der Waals surface area contributed by atoms with Crippen molar-refractivity contribution in [1.82, 2.24) is 0 Å². The van der Waals surface area contributed by atoms with E-state index in [9.17, 15) is 13.2 Å². The van der Waals surface area contributed by atoms with E-state index in [1.54, 1.807) is 29.2 Å². The van der Waals surface area contributed by atoms with Gasteiger partial charge in [0.05, 0.1) is 16.1 Å². The van der Waals surface area contributed by atoms with Crippen LogP contribution in [0, 0.1) is 27.7 Å². The molecule has 0 fully saturated rings. The highest BCUT2D eigenvalue weighted by Gasteiger charge is 2.28. The number of anilines is 2. The monoisotopic (exact) mass is 448 g/mol. The Balaban J connectivity index is 1.74. The fourth-order valence-corrected chi connectivity index (χ4v) is 6.13. The zero-order valence-electron chi connectivity index (χ0n) is 18.9. The SMILES string of the molecule is Cc1cc(C)c(C)c(S(=O)(=O)Nc2ccccc2C(=O)N2CCCc3ccccc32)c1C. The van der Waals surface area contributed by atoms with E-state index < -0.39 is 10.0 Å². The zero-order chi connectivity index (χ0) is 23.0. The molecule has 3 aromatic rings. The van der Waals surface area contributed by atoms with Crippen molar-refractivity contribution < 1.29 is 13.2 Å². The van der Waals surface area contributed by atoms with Gasteiger partial charge in [0, 0.05) is 12.2 Å². The molecule has 6 heteroatoms. The van der Waals surface area contributed by atoms with Gasteiger partial charge in [-0.3, -0.25) is 9.52 Å². The molecule has 0 unspecified atom stereocenters. The van der Waals surface area contributed by atoms with E-state index in [0.717, 1.165) is 46.3 Å². The molecule has 0 spiro atoms. The topological polar surface area (TPSA) is 66.5 Å². The Labute approximate surface area is 190 Å². The van der Waals surface area contributed by atoms with Gasteiger partial charge in [0.2, 0.25) is 0 Å². The summed E-state index contributed by atoms with van der Waals surface area (Å²) in [6.07, 6.45) is 1.80. The Morgan fingerprint density at radius 1 is 0.906 bits per heavy atom. The Kier molecular flexibility index (Phi) is 5.82. The van der Waals surface area contributed by atoms with E-state index in [0.29, 0.717) is 17.8 Å². The second-order valence-electron chi connectivity index (χ2n) is 8.43. The van der Waals surface area contributed by atoms with Crippen molar-refractivity contribution in [3.63, 3.8) is 0 Å². The number of carbonyl (C=O) groups excluding carboxylic acids is 1. The van der Waals surface area contributed by atoms with Crippen LogP contribution in [0.1, 0.15) is 44.6 Å². The third kappa shape index (κ3) is 3.91. The predicted octanol–water partition coefficient (Wildman–Crippen LogP) is 5.31. The maximum atomic E-state index is 13.5. The number of amides is 1. The minimum absolute atomic E-state index is 0.204. The summed E-state index contributed by atoms with van der Waals surface area (Å²) in [6, 6.07) is 16.7. The lowest BCUT2D eigenvalue weighted by Gasteiger charge is -2.30. The summed E-state index contributed by atoms with van der Waals surface area (Å²) in [6.45, 7) is 8.06. The molecule has 1 aliphatic heterocycles. The Bertz CT molecular complexity index is 1290. The number of sulfonamides is 1. The van der Waals surface area contributed by atoms with Crippen molar-refractivity contribution in [2.24, 2.45) is 0 Å². The average molecular weight is 449 g/mol. The van der Waals surface area contributed by atoms with E-state index in [2.05, 4.69) is 4.72 Å². The smallest absolute Gasteiger partial charge is 0.262 e. The molecule has 0 saturated carbocycles. The van der Waals surface area contributed by atoms with Crippen LogP contribution in [-0.2, 0) is 16.4 Å². The zero-order valence-corrected chi connectivity index (χ0v) is 19.7. The number of aryl methyl sites for hydroxylation is 3. The van der Waals surface area contributed by atoms with Gasteiger partial charge in [-0.2, -0.15) is 0 Å². The summed E-state index contributed by atoms with van der Waals surface area (Å²) in [5.41, 5.74) is 5.93. The van der Waals surface area contributed by atoms with Gasteiger partial charge in [-0.05, 0) is 86.6 Å². The lowest BCUT2D eigenvalue weighted by molar-refractivity contribution is 0.0986. The number of nitrogens with zero attached hydrogens (tertiary/aromatic N) is 1. The van der Waals surface area contributed by atoms with Crippen molar-refractivity contribution >= 4 is 27.3 Å². The third-order valence-electron chi connectivity index (χ3n) is 6.32. The van der Waals surface area contributed by atoms with Gasteiger partial charge in [0.1, 0.15) is 0 Å². The molecule has 0 atom stereocenters. The number of hydrogen-bond donors (Lipinski definition) is 1. The molecular weight excluding hydrogens is 420 g/mol. The van der Waals surface area contributed by atoms with Crippen LogP contribution in [0.5, 0.6) is 0 Å². The number of rotatable bonds is 4. The minimum atomic E-state index is -3.89. The summed E-state index contributed by atoms with van der Waals surface area (Å²) >= 11 is 0. The van der Waals surface area contributed by atoms with Gasteiger partial charge in [-0.15, -0.1) is 0 Å². The third-order valence-corrected chi connectivity index (χ3v) is 7.96. The molecule has 0 saturated heterocycles. The maximum absolute atomic E-state index is 13.5. The van der Waals surface area contributed by atoms with Crippen molar-refractivity contribution in [3.8, 4) is 0 Å². The first-order valence-electron chi connectivity index (χ1n) is 10.8. The molecule has 5 nitrogen and oxygen atoms in total. The number of nitrogens with one attached hydrogen (secondary N) is 1. The molecule has 4 rings (SSSR count). The second kappa shape index (κ2) is 8.43.